The number of benzene rings is 1. The quantitative estimate of drug-likeness (QED) is 0.823. The predicted molar refractivity (Wildman–Crippen MR) is 99.1 cm³/mol. The fourth-order valence-corrected chi connectivity index (χ4v) is 4.37. The Bertz CT molecular complexity index is 790. The van der Waals surface area contributed by atoms with Gasteiger partial charge < -0.3 is 4.90 Å². The van der Waals surface area contributed by atoms with Crippen LogP contribution < -0.4 is 0 Å². The topological polar surface area (TPSA) is 38.1 Å². The normalized spacial score (nSPS) is 17.8. The van der Waals surface area contributed by atoms with Crippen LogP contribution in [0.2, 0.25) is 0 Å². The molecule has 4 rings (SSSR count). The molecule has 138 valence electrons. The molecule has 1 aromatic heterocycles. The third-order valence-electron chi connectivity index (χ3n) is 5.90. The molecule has 0 saturated heterocycles. The number of amides is 1. The Labute approximate surface area is 154 Å². The van der Waals surface area contributed by atoms with Gasteiger partial charge in [0.15, 0.2) is 5.69 Å². The first-order valence-corrected chi connectivity index (χ1v) is 9.79. The van der Waals surface area contributed by atoms with Gasteiger partial charge in [-0.3, -0.25) is 4.79 Å². The van der Waals surface area contributed by atoms with E-state index in [1.54, 1.807) is 12.1 Å². The molecule has 5 heteroatoms. The van der Waals surface area contributed by atoms with Crippen molar-refractivity contribution in [3.63, 3.8) is 0 Å². The highest BCUT2D eigenvalue weighted by atomic mass is 19.1. The van der Waals surface area contributed by atoms with Gasteiger partial charge in [-0.25, -0.2) is 9.07 Å². The van der Waals surface area contributed by atoms with Crippen molar-refractivity contribution >= 4 is 5.91 Å². The zero-order valence-electron chi connectivity index (χ0n) is 15.4. The van der Waals surface area contributed by atoms with E-state index < -0.39 is 0 Å². The number of carbonyl (C=O) groups excluding carboxylic acids is 1. The van der Waals surface area contributed by atoms with E-state index in [2.05, 4.69) is 0 Å². The lowest BCUT2D eigenvalue weighted by molar-refractivity contribution is 0.0688. The average molecular weight is 355 g/mol. The van der Waals surface area contributed by atoms with Crippen LogP contribution in [0.4, 0.5) is 4.39 Å². The van der Waals surface area contributed by atoms with Crippen LogP contribution in [0, 0.1) is 5.82 Å². The van der Waals surface area contributed by atoms with Gasteiger partial charge in [0.1, 0.15) is 5.82 Å². The van der Waals surface area contributed by atoms with Gasteiger partial charge in [0.05, 0.1) is 5.69 Å². The lowest BCUT2D eigenvalue weighted by Crippen LogP contribution is -2.39. The molecular weight excluding hydrogens is 329 g/mol. The van der Waals surface area contributed by atoms with E-state index in [1.165, 1.54) is 31.4 Å². The zero-order chi connectivity index (χ0) is 18.1. The lowest BCUT2D eigenvalue weighted by Gasteiger charge is -2.31. The number of aromatic nitrogens is 2. The second-order valence-electron chi connectivity index (χ2n) is 7.58. The standard InChI is InChI=1S/C21H26FN3O/c1-24(16-7-3-2-4-8-16)21(26)20-18-9-5-6-10-19(18)25(23-20)17-13-11-15(22)12-14-17/h11-14,16H,2-10H2,1H3. The van der Waals surface area contributed by atoms with E-state index in [0.717, 1.165) is 55.5 Å². The number of hydrogen-bond acceptors (Lipinski definition) is 2. The SMILES string of the molecule is CN(C(=O)c1nn(-c2ccc(F)cc2)c2c1CCCC2)C1CCCCC1. The highest BCUT2D eigenvalue weighted by Crippen LogP contribution is 2.29. The van der Waals surface area contributed by atoms with Gasteiger partial charge in [-0.2, -0.15) is 5.10 Å². The van der Waals surface area contributed by atoms with Crippen molar-refractivity contribution in [2.75, 3.05) is 7.05 Å². The Balaban J connectivity index is 1.69. The molecular formula is C21H26FN3O. The van der Waals surface area contributed by atoms with Gasteiger partial charge in [-0.15, -0.1) is 0 Å². The van der Waals surface area contributed by atoms with Crippen molar-refractivity contribution in [3.8, 4) is 5.69 Å². The van der Waals surface area contributed by atoms with Crippen LogP contribution in [-0.2, 0) is 12.8 Å². The Kier molecular flexibility index (Phi) is 4.79. The molecule has 0 aliphatic heterocycles. The van der Waals surface area contributed by atoms with Crippen molar-refractivity contribution in [2.45, 2.75) is 63.8 Å². The second-order valence-corrected chi connectivity index (χ2v) is 7.58. The maximum Gasteiger partial charge on any atom is 0.274 e. The van der Waals surface area contributed by atoms with Crippen LogP contribution in [-0.4, -0.2) is 33.7 Å². The molecule has 0 N–H and O–H groups in total. The smallest absolute Gasteiger partial charge is 0.274 e. The minimum absolute atomic E-state index is 0.0379. The van der Waals surface area contributed by atoms with Crippen molar-refractivity contribution in [2.24, 2.45) is 0 Å². The fraction of sp³-hybridized carbons (Fsp3) is 0.524. The molecule has 1 saturated carbocycles. The van der Waals surface area contributed by atoms with Crippen molar-refractivity contribution in [1.29, 1.82) is 0 Å². The van der Waals surface area contributed by atoms with Crippen LogP contribution >= 0.6 is 0 Å². The number of hydrogen-bond donors (Lipinski definition) is 0. The molecule has 0 bridgehead atoms. The summed E-state index contributed by atoms with van der Waals surface area (Å²) in [5.74, 6) is -0.223. The van der Waals surface area contributed by atoms with E-state index in [9.17, 15) is 9.18 Å². The van der Waals surface area contributed by atoms with E-state index >= 15 is 0 Å². The average Bonchev–Trinajstić information content (AvgIpc) is 3.08. The summed E-state index contributed by atoms with van der Waals surface area (Å²) >= 11 is 0. The van der Waals surface area contributed by atoms with Crippen molar-refractivity contribution in [1.82, 2.24) is 14.7 Å². The van der Waals surface area contributed by atoms with Crippen LogP contribution in [0.25, 0.3) is 5.69 Å². The monoisotopic (exact) mass is 355 g/mol. The molecule has 1 heterocycles. The third kappa shape index (κ3) is 3.15. The Morgan fingerprint density at radius 1 is 1.08 bits per heavy atom. The number of fused-ring (bicyclic) bond motifs is 1. The molecule has 2 aliphatic carbocycles. The summed E-state index contributed by atoms with van der Waals surface area (Å²) < 4.78 is 15.2. The van der Waals surface area contributed by atoms with E-state index in [4.69, 9.17) is 5.10 Å². The molecule has 2 aliphatic rings. The summed E-state index contributed by atoms with van der Waals surface area (Å²) in [6, 6.07) is 6.68. The Hall–Kier alpha value is -2.17. The van der Waals surface area contributed by atoms with Gasteiger partial charge in [0, 0.05) is 24.3 Å². The van der Waals surface area contributed by atoms with Gasteiger partial charge in [0.25, 0.3) is 5.91 Å². The first kappa shape index (κ1) is 17.3. The third-order valence-corrected chi connectivity index (χ3v) is 5.90. The summed E-state index contributed by atoms with van der Waals surface area (Å²) in [6.45, 7) is 0. The van der Waals surface area contributed by atoms with Crippen LogP contribution in [0.15, 0.2) is 24.3 Å². The van der Waals surface area contributed by atoms with E-state index in [0.29, 0.717) is 11.7 Å². The maximum atomic E-state index is 13.3. The number of halogens is 1. The van der Waals surface area contributed by atoms with Crippen LogP contribution in [0.1, 0.15) is 66.7 Å². The molecule has 2 aromatic rings. The van der Waals surface area contributed by atoms with Crippen LogP contribution in [0.5, 0.6) is 0 Å². The van der Waals surface area contributed by atoms with E-state index in [-0.39, 0.29) is 11.7 Å². The molecule has 0 atom stereocenters. The summed E-state index contributed by atoms with van der Waals surface area (Å²) in [5, 5.41) is 4.71. The number of rotatable bonds is 3. The predicted octanol–water partition coefficient (Wildman–Crippen LogP) is 4.29. The molecule has 0 unspecified atom stereocenters. The minimum Gasteiger partial charge on any atom is -0.337 e. The summed E-state index contributed by atoms with van der Waals surface area (Å²) in [5.41, 5.74) is 3.62. The summed E-state index contributed by atoms with van der Waals surface area (Å²) in [4.78, 5) is 15.1. The van der Waals surface area contributed by atoms with Gasteiger partial charge >= 0.3 is 0 Å². The largest absolute Gasteiger partial charge is 0.337 e. The van der Waals surface area contributed by atoms with E-state index in [1.807, 2.05) is 16.6 Å². The highest BCUT2D eigenvalue weighted by molar-refractivity contribution is 5.94. The molecule has 1 amide bonds. The Morgan fingerprint density at radius 3 is 2.50 bits per heavy atom. The minimum atomic E-state index is -0.261. The highest BCUT2D eigenvalue weighted by Gasteiger charge is 2.30. The molecule has 1 fully saturated rings. The lowest BCUT2D eigenvalue weighted by atomic mass is 9.93. The zero-order valence-corrected chi connectivity index (χ0v) is 15.4. The van der Waals surface area contributed by atoms with Gasteiger partial charge in [-0.05, 0) is 62.8 Å². The van der Waals surface area contributed by atoms with Crippen molar-refractivity contribution in [3.05, 3.63) is 47.0 Å². The number of carbonyl (C=O) groups is 1. The molecule has 0 radical (unpaired) electrons. The molecule has 26 heavy (non-hydrogen) atoms. The first-order valence-electron chi connectivity index (χ1n) is 9.79. The van der Waals surface area contributed by atoms with Crippen molar-refractivity contribution < 1.29 is 9.18 Å². The Morgan fingerprint density at radius 2 is 1.77 bits per heavy atom. The summed E-state index contributed by atoms with van der Waals surface area (Å²) in [6.07, 6.45) is 9.85. The molecule has 4 nitrogen and oxygen atoms in total. The number of nitrogens with zero attached hydrogens (tertiary/aromatic N) is 3. The molecule has 1 aromatic carbocycles. The van der Waals surface area contributed by atoms with Gasteiger partial charge in [0.2, 0.25) is 0 Å². The van der Waals surface area contributed by atoms with Crippen LogP contribution in [0.3, 0.4) is 0 Å². The second kappa shape index (κ2) is 7.22. The first-order chi connectivity index (χ1) is 12.6. The van der Waals surface area contributed by atoms with Gasteiger partial charge in [-0.1, -0.05) is 19.3 Å². The maximum absolute atomic E-state index is 13.3. The summed E-state index contributed by atoms with van der Waals surface area (Å²) in [7, 11) is 1.92. The fourth-order valence-electron chi connectivity index (χ4n) is 4.37. The molecule has 0 spiro atoms.